The first-order chi connectivity index (χ1) is 9.10. The van der Waals surface area contributed by atoms with Crippen LogP contribution in [-0.2, 0) is 4.74 Å². The first-order valence-electron chi connectivity index (χ1n) is 7.07. The summed E-state index contributed by atoms with van der Waals surface area (Å²) in [5.74, 6) is -0.183. The van der Waals surface area contributed by atoms with Gasteiger partial charge in [-0.2, -0.15) is 0 Å². The minimum absolute atomic E-state index is 0.183. The van der Waals surface area contributed by atoms with Crippen molar-refractivity contribution in [1.82, 2.24) is 0 Å². The van der Waals surface area contributed by atoms with Crippen LogP contribution in [0.15, 0.2) is 24.8 Å². The molecule has 2 rings (SSSR count). The first-order valence-corrected chi connectivity index (χ1v) is 7.07. The number of carbonyl (C=O) groups is 1. The summed E-state index contributed by atoms with van der Waals surface area (Å²) in [6.07, 6.45) is 7.01. The molecule has 1 aliphatic rings. The quantitative estimate of drug-likeness (QED) is 0.742. The highest BCUT2D eigenvalue weighted by Crippen LogP contribution is 2.36. The van der Waals surface area contributed by atoms with Crippen LogP contribution >= 0.6 is 0 Å². The Bertz CT molecular complexity index is 482. The van der Waals surface area contributed by atoms with Gasteiger partial charge in [0.15, 0.2) is 0 Å². The maximum absolute atomic E-state index is 12.3. The number of aryl methyl sites for hydroxylation is 1. The minimum Gasteiger partial charge on any atom is -0.455 e. The normalized spacial score (nSPS) is 17.2. The second-order valence-corrected chi connectivity index (χ2v) is 5.41. The van der Waals surface area contributed by atoms with Crippen LogP contribution in [0.4, 0.5) is 0 Å². The third kappa shape index (κ3) is 2.89. The Hall–Kier alpha value is -1.57. The Morgan fingerprint density at radius 2 is 2.11 bits per heavy atom. The third-order valence-electron chi connectivity index (χ3n) is 4.17. The van der Waals surface area contributed by atoms with Crippen LogP contribution in [0.2, 0.25) is 0 Å². The molecule has 19 heavy (non-hydrogen) atoms. The van der Waals surface area contributed by atoms with E-state index >= 15 is 0 Å². The number of esters is 1. The summed E-state index contributed by atoms with van der Waals surface area (Å²) >= 11 is 0. The van der Waals surface area contributed by atoms with E-state index in [-0.39, 0.29) is 11.6 Å². The molecule has 0 saturated heterocycles. The lowest BCUT2D eigenvalue weighted by Crippen LogP contribution is -2.31. The Morgan fingerprint density at radius 1 is 1.42 bits per heavy atom. The first kappa shape index (κ1) is 13.9. The average molecular weight is 258 g/mol. The van der Waals surface area contributed by atoms with Crippen LogP contribution in [0.5, 0.6) is 0 Å². The van der Waals surface area contributed by atoms with Gasteiger partial charge >= 0.3 is 5.97 Å². The highest BCUT2D eigenvalue weighted by atomic mass is 16.6. The van der Waals surface area contributed by atoms with Gasteiger partial charge in [0.2, 0.25) is 0 Å². The van der Waals surface area contributed by atoms with Gasteiger partial charge in [-0.05, 0) is 56.2 Å². The van der Waals surface area contributed by atoms with E-state index in [0.717, 1.165) is 43.2 Å². The van der Waals surface area contributed by atoms with Crippen LogP contribution in [0.25, 0.3) is 6.08 Å². The molecule has 0 radical (unpaired) electrons. The van der Waals surface area contributed by atoms with Crippen molar-refractivity contribution in [2.45, 2.75) is 51.6 Å². The molecule has 2 heteroatoms. The van der Waals surface area contributed by atoms with Gasteiger partial charge in [-0.3, -0.25) is 0 Å². The lowest BCUT2D eigenvalue weighted by atomic mass is 9.98. The van der Waals surface area contributed by atoms with Crippen LogP contribution < -0.4 is 0 Å². The maximum atomic E-state index is 12.3. The maximum Gasteiger partial charge on any atom is 0.338 e. The predicted octanol–water partition coefficient (Wildman–Crippen LogP) is 4.52. The summed E-state index contributed by atoms with van der Waals surface area (Å²) in [7, 11) is 0. The lowest BCUT2D eigenvalue weighted by molar-refractivity contribution is -0.0172. The van der Waals surface area contributed by atoms with Gasteiger partial charge in [0.1, 0.15) is 5.60 Å². The Balaban J connectivity index is 2.18. The molecule has 102 valence electrons. The zero-order chi connectivity index (χ0) is 13.9. The van der Waals surface area contributed by atoms with Crippen molar-refractivity contribution in [2.24, 2.45) is 0 Å². The Labute approximate surface area is 115 Å². The van der Waals surface area contributed by atoms with Gasteiger partial charge in [0.05, 0.1) is 5.56 Å². The second-order valence-electron chi connectivity index (χ2n) is 5.41. The fourth-order valence-corrected chi connectivity index (χ4v) is 2.84. The van der Waals surface area contributed by atoms with Gasteiger partial charge in [-0.15, -0.1) is 0 Å². The molecule has 1 aromatic rings. The molecule has 1 fully saturated rings. The summed E-state index contributed by atoms with van der Waals surface area (Å²) < 4.78 is 5.82. The van der Waals surface area contributed by atoms with Crippen molar-refractivity contribution < 1.29 is 9.53 Å². The zero-order valence-corrected chi connectivity index (χ0v) is 11.9. The van der Waals surface area contributed by atoms with Crippen LogP contribution in [0.1, 0.15) is 60.5 Å². The molecule has 1 aromatic carbocycles. The van der Waals surface area contributed by atoms with E-state index < -0.39 is 0 Å². The molecular weight excluding hydrogens is 236 g/mol. The minimum atomic E-state index is -0.222. The fraction of sp³-hybridized carbons (Fsp3) is 0.471. The molecule has 1 saturated carbocycles. The number of rotatable bonds is 4. The molecule has 0 atom stereocenters. The van der Waals surface area contributed by atoms with Crippen molar-refractivity contribution in [3.63, 3.8) is 0 Å². The van der Waals surface area contributed by atoms with E-state index in [2.05, 4.69) is 13.5 Å². The zero-order valence-electron chi connectivity index (χ0n) is 11.9. The number of ether oxygens (including phenoxy) is 1. The molecule has 0 aliphatic heterocycles. The van der Waals surface area contributed by atoms with Crippen molar-refractivity contribution in [1.29, 1.82) is 0 Å². The number of benzene rings is 1. The molecule has 2 nitrogen and oxygen atoms in total. The Kier molecular flexibility index (Phi) is 4.08. The fourth-order valence-electron chi connectivity index (χ4n) is 2.84. The van der Waals surface area contributed by atoms with Crippen LogP contribution in [0, 0.1) is 6.92 Å². The second kappa shape index (κ2) is 5.60. The van der Waals surface area contributed by atoms with Crippen molar-refractivity contribution in [3.05, 3.63) is 41.5 Å². The molecule has 0 spiro atoms. The summed E-state index contributed by atoms with van der Waals surface area (Å²) in [6.45, 7) is 7.78. The van der Waals surface area contributed by atoms with Crippen molar-refractivity contribution >= 4 is 12.0 Å². The van der Waals surface area contributed by atoms with E-state index in [9.17, 15) is 4.79 Å². The van der Waals surface area contributed by atoms with E-state index in [1.807, 2.05) is 25.1 Å². The van der Waals surface area contributed by atoms with Crippen LogP contribution in [0.3, 0.4) is 0 Å². The molecule has 0 aromatic heterocycles. The lowest BCUT2D eigenvalue weighted by Gasteiger charge is -2.28. The van der Waals surface area contributed by atoms with Gasteiger partial charge < -0.3 is 4.74 Å². The van der Waals surface area contributed by atoms with E-state index in [1.165, 1.54) is 0 Å². The highest BCUT2D eigenvalue weighted by molar-refractivity contribution is 5.91. The summed E-state index contributed by atoms with van der Waals surface area (Å²) in [5.41, 5.74) is 2.43. The summed E-state index contributed by atoms with van der Waals surface area (Å²) in [4.78, 5) is 12.3. The van der Waals surface area contributed by atoms with Crippen molar-refractivity contribution in [2.75, 3.05) is 0 Å². The molecule has 0 amide bonds. The topological polar surface area (TPSA) is 26.3 Å². The summed E-state index contributed by atoms with van der Waals surface area (Å²) in [6, 6.07) is 5.72. The molecule has 1 aliphatic carbocycles. The van der Waals surface area contributed by atoms with Crippen molar-refractivity contribution in [3.8, 4) is 0 Å². The standard InChI is InChI=1S/C17H22O2/c1-4-14-8-9-15(13(3)12-14)16(18)19-17(5-2)10-6-7-11-17/h4,8-9,12H,1,5-7,10-11H2,2-3H3. The Morgan fingerprint density at radius 3 is 2.63 bits per heavy atom. The smallest absolute Gasteiger partial charge is 0.338 e. The van der Waals surface area contributed by atoms with Gasteiger partial charge in [-0.25, -0.2) is 4.79 Å². The monoisotopic (exact) mass is 258 g/mol. The summed E-state index contributed by atoms with van der Waals surface area (Å²) in [5, 5.41) is 0. The average Bonchev–Trinajstić information content (AvgIpc) is 2.87. The third-order valence-corrected chi connectivity index (χ3v) is 4.17. The SMILES string of the molecule is C=Cc1ccc(C(=O)OC2(CC)CCCC2)c(C)c1. The van der Waals surface area contributed by atoms with Gasteiger partial charge in [-0.1, -0.05) is 31.7 Å². The molecule has 0 heterocycles. The largest absolute Gasteiger partial charge is 0.455 e. The molecule has 0 bridgehead atoms. The van der Waals surface area contributed by atoms with E-state index in [4.69, 9.17) is 4.74 Å². The number of carbonyl (C=O) groups excluding carboxylic acids is 1. The van der Waals surface area contributed by atoms with E-state index in [1.54, 1.807) is 6.08 Å². The molecule has 0 unspecified atom stereocenters. The predicted molar refractivity (Wildman–Crippen MR) is 78.2 cm³/mol. The number of hydrogen-bond donors (Lipinski definition) is 0. The van der Waals surface area contributed by atoms with Gasteiger partial charge in [0, 0.05) is 0 Å². The van der Waals surface area contributed by atoms with Gasteiger partial charge in [0.25, 0.3) is 0 Å². The van der Waals surface area contributed by atoms with E-state index in [0.29, 0.717) is 5.56 Å². The number of hydrogen-bond acceptors (Lipinski definition) is 2. The van der Waals surface area contributed by atoms with Crippen LogP contribution in [-0.4, -0.2) is 11.6 Å². The molecule has 0 N–H and O–H groups in total. The highest BCUT2D eigenvalue weighted by Gasteiger charge is 2.36. The molecular formula is C17H22O2.